The second-order valence-electron chi connectivity index (χ2n) is 6.71. The van der Waals surface area contributed by atoms with Crippen LogP contribution >= 0.6 is 0 Å². The Kier molecular flexibility index (Phi) is 5.83. The molecule has 0 aromatic rings. The molecule has 4 nitrogen and oxygen atoms in total. The summed E-state index contributed by atoms with van der Waals surface area (Å²) in [4.78, 5) is 0. The lowest BCUT2D eigenvalue weighted by atomic mass is 9.84. The molecule has 0 aromatic heterocycles. The molecule has 0 radical (unpaired) electrons. The maximum Gasteiger partial charge on any atom is 0.152 e. The van der Waals surface area contributed by atoms with Crippen LogP contribution in [0.5, 0.6) is 0 Å². The predicted molar refractivity (Wildman–Crippen MR) is 80.8 cm³/mol. The first-order chi connectivity index (χ1) is 8.71. The van der Waals surface area contributed by atoms with Gasteiger partial charge in [0.1, 0.15) is 0 Å². The van der Waals surface area contributed by atoms with E-state index in [9.17, 15) is 8.42 Å². The fraction of sp³-hybridized carbons (Fsp3) is 1.00. The van der Waals surface area contributed by atoms with Crippen LogP contribution in [0, 0.1) is 17.8 Å². The van der Waals surface area contributed by atoms with Crippen LogP contribution in [0.25, 0.3) is 0 Å². The van der Waals surface area contributed by atoms with Gasteiger partial charge in [-0.3, -0.25) is 0 Å². The van der Waals surface area contributed by atoms with Crippen LogP contribution in [0.1, 0.15) is 40.5 Å². The van der Waals surface area contributed by atoms with Crippen LogP contribution in [0.15, 0.2) is 0 Å². The zero-order valence-corrected chi connectivity index (χ0v) is 13.6. The van der Waals surface area contributed by atoms with E-state index in [1.165, 1.54) is 0 Å². The fourth-order valence-electron chi connectivity index (χ4n) is 3.14. The summed E-state index contributed by atoms with van der Waals surface area (Å²) in [5.41, 5.74) is 5.47. The third-order valence-corrected chi connectivity index (χ3v) is 6.33. The van der Waals surface area contributed by atoms with E-state index in [0.29, 0.717) is 30.1 Å². The minimum absolute atomic E-state index is 0.194. The lowest BCUT2D eigenvalue weighted by molar-refractivity contribution is 0.230. The lowest BCUT2D eigenvalue weighted by Crippen LogP contribution is -2.59. The zero-order valence-electron chi connectivity index (χ0n) is 12.8. The van der Waals surface area contributed by atoms with Crippen LogP contribution in [-0.2, 0) is 9.84 Å². The van der Waals surface area contributed by atoms with Crippen molar-refractivity contribution in [3.8, 4) is 0 Å². The van der Waals surface area contributed by atoms with Gasteiger partial charge in [0, 0.05) is 12.1 Å². The third-order valence-electron chi connectivity index (χ3n) is 4.42. The van der Waals surface area contributed by atoms with Gasteiger partial charge in [-0.25, -0.2) is 8.42 Å². The van der Waals surface area contributed by atoms with E-state index in [2.05, 4.69) is 33.0 Å². The molecule has 0 aromatic carbocycles. The number of nitrogens with two attached hydrogens (primary N) is 1. The zero-order chi connectivity index (χ0) is 14.7. The summed E-state index contributed by atoms with van der Waals surface area (Å²) < 4.78 is 23.7. The summed E-state index contributed by atoms with van der Waals surface area (Å²) in [6, 6.07) is 0. The molecule has 0 saturated carbocycles. The molecule has 114 valence electrons. The molecule has 0 spiro atoms. The van der Waals surface area contributed by atoms with Crippen molar-refractivity contribution >= 4 is 9.84 Å². The van der Waals surface area contributed by atoms with Crippen molar-refractivity contribution in [2.45, 2.75) is 46.1 Å². The molecule has 0 bridgehead atoms. The van der Waals surface area contributed by atoms with Gasteiger partial charge in [0.2, 0.25) is 0 Å². The second-order valence-corrected chi connectivity index (χ2v) is 8.90. The summed E-state index contributed by atoms with van der Waals surface area (Å²) >= 11 is 0. The van der Waals surface area contributed by atoms with Gasteiger partial charge in [0.05, 0.1) is 11.5 Å². The first-order valence-corrected chi connectivity index (χ1v) is 9.19. The second kappa shape index (κ2) is 6.55. The van der Waals surface area contributed by atoms with Crippen molar-refractivity contribution < 1.29 is 8.42 Å². The molecule has 1 atom stereocenters. The van der Waals surface area contributed by atoms with Crippen LogP contribution in [-0.4, -0.2) is 38.6 Å². The Morgan fingerprint density at radius 1 is 1.21 bits per heavy atom. The van der Waals surface area contributed by atoms with Crippen LogP contribution < -0.4 is 11.1 Å². The van der Waals surface area contributed by atoms with Crippen molar-refractivity contribution in [2.75, 3.05) is 24.6 Å². The van der Waals surface area contributed by atoms with Crippen LogP contribution in [0.4, 0.5) is 0 Å². The molecule has 1 heterocycles. The number of sulfone groups is 1. The van der Waals surface area contributed by atoms with Gasteiger partial charge in [0.25, 0.3) is 0 Å². The van der Waals surface area contributed by atoms with E-state index in [0.717, 1.165) is 19.4 Å². The molecule has 1 aliphatic rings. The van der Waals surface area contributed by atoms with E-state index in [4.69, 9.17) is 5.73 Å². The Morgan fingerprint density at radius 2 is 1.79 bits per heavy atom. The third kappa shape index (κ3) is 4.72. The lowest BCUT2D eigenvalue weighted by Gasteiger charge is -2.39. The highest BCUT2D eigenvalue weighted by atomic mass is 32.2. The maximum absolute atomic E-state index is 11.8. The largest absolute Gasteiger partial charge is 0.329 e. The summed E-state index contributed by atoms with van der Waals surface area (Å²) in [5.74, 6) is 2.23. The standard InChI is InChI=1S/C14H30N2O2S/c1-11(2)13(12(3)4)8-16-14(9-15)6-5-7-19(17,18)10-14/h11-13,16H,5-10,15H2,1-4H3. The Labute approximate surface area is 118 Å². The van der Waals surface area contributed by atoms with Gasteiger partial charge in [-0.1, -0.05) is 27.7 Å². The molecule has 5 heteroatoms. The Hall–Kier alpha value is -0.130. The van der Waals surface area contributed by atoms with Gasteiger partial charge in [0.15, 0.2) is 9.84 Å². The predicted octanol–water partition coefficient (Wildman–Crippen LogP) is 1.41. The van der Waals surface area contributed by atoms with E-state index in [1.54, 1.807) is 0 Å². The Balaban J connectivity index is 2.71. The van der Waals surface area contributed by atoms with E-state index < -0.39 is 15.4 Å². The number of nitrogens with one attached hydrogen (secondary N) is 1. The van der Waals surface area contributed by atoms with E-state index in [1.807, 2.05) is 0 Å². The van der Waals surface area contributed by atoms with Crippen molar-refractivity contribution in [1.29, 1.82) is 0 Å². The molecule has 3 N–H and O–H groups in total. The van der Waals surface area contributed by atoms with Crippen LogP contribution in [0.2, 0.25) is 0 Å². The highest BCUT2D eigenvalue weighted by Gasteiger charge is 2.38. The van der Waals surface area contributed by atoms with Gasteiger partial charge < -0.3 is 11.1 Å². The fourth-order valence-corrected chi connectivity index (χ4v) is 5.08. The molecule has 0 aliphatic carbocycles. The molecular formula is C14H30N2O2S. The molecule has 0 amide bonds. The van der Waals surface area contributed by atoms with Gasteiger partial charge in [-0.05, 0) is 37.1 Å². The van der Waals surface area contributed by atoms with Gasteiger partial charge in [-0.2, -0.15) is 0 Å². The van der Waals surface area contributed by atoms with Gasteiger partial charge >= 0.3 is 0 Å². The van der Waals surface area contributed by atoms with Crippen molar-refractivity contribution in [3.63, 3.8) is 0 Å². The Bertz CT molecular complexity index is 371. The monoisotopic (exact) mass is 290 g/mol. The SMILES string of the molecule is CC(C)C(CNC1(CN)CCCS(=O)(=O)C1)C(C)C. The summed E-state index contributed by atoms with van der Waals surface area (Å²) in [7, 11) is -2.93. The average Bonchev–Trinajstić information content (AvgIpc) is 2.26. The molecule has 1 aliphatic heterocycles. The van der Waals surface area contributed by atoms with Crippen molar-refractivity contribution in [3.05, 3.63) is 0 Å². The molecule has 1 saturated heterocycles. The molecule has 1 unspecified atom stereocenters. The maximum atomic E-state index is 11.8. The van der Waals surface area contributed by atoms with Crippen molar-refractivity contribution in [2.24, 2.45) is 23.5 Å². The van der Waals surface area contributed by atoms with Crippen LogP contribution in [0.3, 0.4) is 0 Å². The average molecular weight is 290 g/mol. The topological polar surface area (TPSA) is 72.2 Å². The number of hydrogen-bond donors (Lipinski definition) is 2. The smallest absolute Gasteiger partial charge is 0.152 e. The molecule has 1 rings (SSSR count). The first kappa shape index (κ1) is 16.9. The summed E-state index contributed by atoms with van der Waals surface area (Å²) in [6.07, 6.45) is 1.59. The minimum atomic E-state index is -2.93. The summed E-state index contributed by atoms with van der Waals surface area (Å²) in [5, 5.41) is 3.50. The van der Waals surface area contributed by atoms with E-state index in [-0.39, 0.29) is 5.75 Å². The first-order valence-electron chi connectivity index (χ1n) is 7.37. The molecule has 1 fully saturated rings. The minimum Gasteiger partial charge on any atom is -0.329 e. The highest BCUT2D eigenvalue weighted by Crippen LogP contribution is 2.25. The molecule has 19 heavy (non-hydrogen) atoms. The van der Waals surface area contributed by atoms with E-state index >= 15 is 0 Å². The molecular weight excluding hydrogens is 260 g/mol. The van der Waals surface area contributed by atoms with Gasteiger partial charge in [-0.15, -0.1) is 0 Å². The number of rotatable bonds is 6. The Morgan fingerprint density at radius 3 is 2.21 bits per heavy atom. The summed E-state index contributed by atoms with van der Waals surface area (Å²) in [6.45, 7) is 10.1. The van der Waals surface area contributed by atoms with Crippen molar-refractivity contribution in [1.82, 2.24) is 5.32 Å². The highest BCUT2D eigenvalue weighted by molar-refractivity contribution is 7.91. The quantitative estimate of drug-likeness (QED) is 0.776. The normalized spacial score (nSPS) is 27.4. The number of hydrogen-bond acceptors (Lipinski definition) is 4.